The summed E-state index contributed by atoms with van der Waals surface area (Å²) in [6, 6.07) is 4.49. The van der Waals surface area contributed by atoms with Crippen LogP contribution in [0.25, 0.3) is 0 Å². The molecule has 0 amide bonds. The van der Waals surface area contributed by atoms with E-state index in [1.165, 1.54) is 0 Å². The molecule has 2 fully saturated rings. The van der Waals surface area contributed by atoms with Gasteiger partial charge in [0.1, 0.15) is 0 Å². The number of rotatable bonds is 9. The van der Waals surface area contributed by atoms with E-state index >= 15 is 0 Å². The van der Waals surface area contributed by atoms with Crippen LogP contribution in [0.15, 0.2) is 36.9 Å². The number of hydrogen-bond donors (Lipinski definition) is 8. The van der Waals surface area contributed by atoms with Crippen molar-refractivity contribution >= 4 is 0 Å². The van der Waals surface area contributed by atoms with Crippen molar-refractivity contribution in [2.75, 3.05) is 91.6 Å². The molecule has 0 saturated carbocycles. The predicted octanol–water partition coefficient (Wildman–Crippen LogP) is -2.20. The fourth-order valence-corrected chi connectivity index (χ4v) is 6.60. The summed E-state index contributed by atoms with van der Waals surface area (Å²) >= 11 is 0. The van der Waals surface area contributed by atoms with E-state index in [-0.39, 0.29) is 12.1 Å². The Morgan fingerprint density at radius 2 is 1.10 bits per heavy atom. The van der Waals surface area contributed by atoms with E-state index in [2.05, 4.69) is 104 Å². The van der Waals surface area contributed by atoms with Crippen LogP contribution in [0.2, 0.25) is 0 Å². The van der Waals surface area contributed by atoms with Crippen molar-refractivity contribution in [3.05, 3.63) is 59.7 Å². The number of nitrogens with one attached hydrogen (secondary N) is 8. The lowest BCUT2D eigenvalue weighted by Gasteiger charge is -2.41. The lowest BCUT2D eigenvalue weighted by atomic mass is 10.0. The number of H-pyrrole nitrogens is 4. The number of aromatic nitrogens is 10. The summed E-state index contributed by atoms with van der Waals surface area (Å²) in [6.45, 7) is 15.7. The molecular weight excluding hydrogens is 612 g/mol. The van der Waals surface area contributed by atoms with Gasteiger partial charge >= 0.3 is 0 Å². The minimum Gasteiger partial charge on any atom is -0.314 e. The highest BCUT2D eigenvalue weighted by Gasteiger charge is 2.30. The molecule has 18 nitrogen and oxygen atoms in total. The predicted molar refractivity (Wildman–Crippen MR) is 180 cm³/mol. The van der Waals surface area contributed by atoms with E-state index in [0.717, 1.165) is 134 Å². The molecule has 0 radical (unpaired) electrons. The molecule has 2 aliphatic rings. The highest BCUT2D eigenvalue weighted by Crippen LogP contribution is 2.13. The van der Waals surface area contributed by atoms with Crippen LogP contribution in [-0.2, 0) is 26.2 Å². The first-order chi connectivity index (χ1) is 23.8. The molecule has 4 aromatic heterocycles. The molecule has 18 heteroatoms. The SMILES string of the molecule is c1cc(CN2CCNCCN(Cc3cc[nH]n3)CC(C3CNCCN(Cc4c[nH]nn4)CCNCCN3Cc3c[nH]nn3)NCC2)n[nH]1. The zero-order valence-corrected chi connectivity index (χ0v) is 27.8. The smallest absolute Gasteiger partial charge is 0.0964 e. The summed E-state index contributed by atoms with van der Waals surface area (Å²) in [5.41, 5.74) is 4.03. The highest BCUT2D eigenvalue weighted by molar-refractivity contribution is 5.01. The summed E-state index contributed by atoms with van der Waals surface area (Å²) in [5, 5.41) is 52.5. The van der Waals surface area contributed by atoms with Crippen LogP contribution in [0.5, 0.6) is 0 Å². The fourth-order valence-electron chi connectivity index (χ4n) is 6.60. The average Bonchev–Trinajstić information content (AvgIpc) is 3.92. The van der Waals surface area contributed by atoms with E-state index in [4.69, 9.17) is 0 Å². The Morgan fingerprint density at radius 3 is 1.71 bits per heavy atom. The topological polar surface area (TPSA) is 202 Å². The quantitative estimate of drug-likeness (QED) is 0.0958. The first-order valence-corrected chi connectivity index (χ1v) is 17.2. The third-order valence-electron chi connectivity index (χ3n) is 9.14. The Hall–Kier alpha value is -3.62. The first kappa shape index (κ1) is 34.3. The molecule has 6 rings (SSSR count). The van der Waals surface area contributed by atoms with Crippen molar-refractivity contribution in [3.8, 4) is 0 Å². The minimum atomic E-state index is 0.171. The van der Waals surface area contributed by atoms with Gasteiger partial charge in [0.15, 0.2) is 0 Å². The Bertz CT molecular complexity index is 1340. The van der Waals surface area contributed by atoms with Crippen LogP contribution in [0.4, 0.5) is 0 Å². The second-order valence-electron chi connectivity index (χ2n) is 12.7. The maximum Gasteiger partial charge on any atom is 0.0964 e. The minimum absolute atomic E-state index is 0.171. The maximum absolute atomic E-state index is 4.50. The summed E-state index contributed by atoms with van der Waals surface area (Å²) in [7, 11) is 0. The van der Waals surface area contributed by atoms with E-state index < -0.39 is 0 Å². The van der Waals surface area contributed by atoms with Crippen molar-refractivity contribution < 1.29 is 0 Å². The number of nitrogens with zero attached hydrogens (tertiary/aromatic N) is 10. The first-order valence-electron chi connectivity index (χ1n) is 17.2. The van der Waals surface area contributed by atoms with Crippen molar-refractivity contribution in [3.63, 3.8) is 0 Å². The Kier molecular flexibility index (Phi) is 13.4. The second kappa shape index (κ2) is 18.8. The van der Waals surface area contributed by atoms with Gasteiger partial charge in [0.2, 0.25) is 0 Å². The molecule has 6 heterocycles. The third kappa shape index (κ3) is 11.0. The molecule has 2 atom stereocenters. The van der Waals surface area contributed by atoms with Gasteiger partial charge in [-0.05, 0) is 12.1 Å². The van der Waals surface area contributed by atoms with E-state index in [9.17, 15) is 0 Å². The van der Waals surface area contributed by atoms with E-state index in [1.807, 2.05) is 24.8 Å². The number of aromatic amines is 4. The Balaban J connectivity index is 1.21. The zero-order chi connectivity index (χ0) is 32.6. The van der Waals surface area contributed by atoms with Gasteiger partial charge in [-0.25, -0.2) is 0 Å². The molecule has 4 aromatic rings. The van der Waals surface area contributed by atoms with Gasteiger partial charge in [0.25, 0.3) is 0 Å². The molecule has 48 heavy (non-hydrogen) atoms. The molecule has 2 saturated heterocycles. The molecule has 8 N–H and O–H groups in total. The largest absolute Gasteiger partial charge is 0.314 e. The van der Waals surface area contributed by atoms with Crippen LogP contribution >= 0.6 is 0 Å². The molecule has 0 aromatic carbocycles. The van der Waals surface area contributed by atoms with Gasteiger partial charge in [-0.2, -0.15) is 10.2 Å². The molecule has 2 unspecified atom stereocenters. The molecule has 262 valence electrons. The van der Waals surface area contributed by atoms with Crippen molar-refractivity contribution in [2.24, 2.45) is 0 Å². The molecule has 0 bridgehead atoms. The van der Waals surface area contributed by atoms with E-state index in [1.54, 1.807) is 0 Å². The fraction of sp³-hybridized carbons (Fsp3) is 0.667. The van der Waals surface area contributed by atoms with Gasteiger partial charge in [0.05, 0.1) is 22.8 Å². The molecule has 2 aliphatic heterocycles. The molecular formula is C30H52N18. The zero-order valence-electron chi connectivity index (χ0n) is 27.8. The van der Waals surface area contributed by atoms with Crippen LogP contribution in [0, 0.1) is 0 Å². The van der Waals surface area contributed by atoms with Gasteiger partial charge in [0, 0.05) is 155 Å². The Labute approximate surface area is 281 Å². The molecule has 0 aliphatic carbocycles. The normalized spacial score (nSPS) is 23.2. The van der Waals surface area contributed by atoms with Crippen LogP contribution in [0.3, 0.4) is 0 Å². The van der Waals surface area contributed by atoms with Gasteiger partial charge in [-0.1, -0.05) is 10.4 Å². The van der Waals surface area contributed by atoms with Crippen LogP contribution in [0.1, 0.15) is 22.8 Å². The maximum atomic E-state index is 4.50. The van der Waals surface area contributed by atoms with Gasteiger partial charge < -0.3 is 21.3 Å². The second-order valence-corrected chi connectivity index (χ2v) is 12.7. The summed E-state index contributed by atoms with van der Waals surface area (Å²) in [4.78, 5) is 10.0. The summed E-state index contributed by atoms with van der Waals surface area (Å²) in [5.74, 6) is 0. The highest BCUT2D eigenvalue weighted by atomic mass is 15.3. The monoisotopic (exact) mass is 664 g/mol. The molecule has 0 spiro atoms. The lowest BCUT2D eigenvalue weighted by Crippen LogP contribution is -2.60. The summed E-state index contributed by atoms with van der Waals surface area (Å²) < 4.78 is 0. The van der Waals surface area contributed by atoms with Crippen molar-refractivity contribution in [1.29, 1.82) is 0 Å². The Morgan fingerprint density at radius 1 is 0.562 bits per heavy atom. The lowest BCUT2D eigenvalue weighted by molar-refractivity contribution is 0.108. The standard InChI is InChI=1S/C30H52N18/c1-3-35-39-25(1)20-46-12-5-31-7-14-47(21-26-2-4-36-40-26)24-29(34-10-15-46)30-19-33-8-13-45(22-27-17-37-43-41-27)11-6-32-9-16-48(30)23-28-18-38-44-42-28/h1-4,17-18,29-34H,5-16,19-24H2,(H,35,39)(H,36,40)(H,37,41,43)(H,38,42,44). The van der Waals surface area contributed by atoms with Crippen LogP contribution in [-0.4, -0.2) is 175 Å². The summed E-state index contributed by atoms with van der Waals surface area (Å²) in [6.07, 6.45) is 7.59. The van der Waals surface area contributed by atoms with Gasteiger partial charge in [-0.15, -0.1) is 10.2 Å². The van der Waals surface area contributed by atoms with Gasteiger partial charge in [-0.3, -0.25) is 40.0 Å². The average molecular weight is 665 g/mol. The van der Waals surface area contributed by atoms with E-state index in [0.29, 0.717) is 6.54 Å². The van der Waals surface area contributed by atoms with Crippen molar-refractivity contribution in [2.45, 2.75) is 38.3 Å². The van der Waals surface area contributed by atoms with Crippen molar-refractivity contribution in [1.82, 2.24) is 92.1 Å². The third-order valence-corrected chi connectivity index (χ3v) is 9.14. The van der Waals surface area contributed by atoms with Crippen LogP contribution < -0.4 is 21.3 Å². The number of hydrogen-bond acceptors (Lipinski definition) is 14.